The van der Waals surface area contributed by atoms with E-state index in [2.05, 4.69) is 43.2 Å². The molecule has 0 fully saturated rings. The monoisotopic (exact) mass is 273 g/mol. The molecule has 2 heterocycles. The molecule has 20 heavy (non-hydrogen) atoms. The third-order valence-electron chi connectivity index (χ3n) is 2.24. The minimum Gasteiger partial charge on any atom is -0.462 e. The highest BCUT2D eigenvalue weighted by Gasteiger charge is 2.09. The average molecular weight is 273 g/mol. The first-order valence-electron chi connectivity index (χ1n) is 6.24. The largest absolute Gasteiger partial charge is 0.462 e. The first-order valence-corrected chi connectivity index (χ1v) is 6.24. The van der Waals surface area contributed by atoms with Crippen LogP contribution in [0, 0.1) is 12.3 Å². The standard InChI is InChI=1S/C12H15N7O/c1-3-5-7-20-12-17-10(14-6-4-2)16-11(18-12)19-9-13-8-15-19/h1,8-9H,4-7H2,2H3,(H,14,16,17,18). The van der Waals surface area contributed by atoms with Gasteiger partial charge in [0.2, 0.25) is 5.95 Å². The van der Waals surface area contributed by atoms with Crippen molar-refractivity contribution >= 4 is 5.95 Å². The van der Waals surface area contributed by atoms with Crippen molar-refractivity contribution in [2.45, 2.75) is 19.8 Å². The molecule has 0 saturated carbocycles. The first kappa shape index (κ1) is 13.7. The Morgan fingerprint density at radius 2 is 2.30 bits per heavy atom. The minimum atomic E-state index is 0.208. The predicted octanol–water partition coefficient (Wildman–Crippen LogP) is 0.676. The molecular formula is C12H15N7O. The van der Waals surface area contributed by atoms with Gasteiger partial charge in [0.1, 0.15) is 19.3 Å². The van der Waals surface area contributed by atoms with Crippen LogP contribution in [0.2, 0.25) is 0 Å². The molecular weight excluding hydrogens is 258 g/mol. The molecule has 0 atom stereocenters. The molecule has 0 radical (unpaired) electrons. The van der Waals surface area contributed by atoms with Crippen molar-refractivity contribution in [1.29, 1.82) is 0 Å². The van der Waals surface area contributed by atoms with Gasteiger partial charge in [-0.15, -0.1) is 12.3 Å². The highest BCUT2D eigenvalue weighted by Crippen LogP contribution is 2.10. The SMILES string of the molecule is C#CCCOc1nc(NCCC)nc(-n2cncn2)n1. The number of aromatic nitrogens is 6. The summed E-state index contributed by atoms with van der Waals surface area (Å²) >= 11 is 0. The van der Waals surface area contributed by atoms with Crippen LogP contribution in [0.25, 0.3) is 5.95 Å². The van der Waals surface area contributed by atoms with Crippen LogP contribution in [-0.2, 0) is 0 Å². The van der Waals surface area contributed by atoms with Crippen molar-refractivity contribution < 1.29 is 4.74 Å². The molecule has 104 valence electrons. The van der Waals surface area contributed by atoms with E-state index in [1.54, 1.807) is 0 Å². The molecule has 0 amide bonds. The van der Waals surface area contributed by atoms with Gasteiger partial charge in [-0.25, -0.2) is 4.98 Å². The zero-order valence-electron chi connectivity index (χ0n) is 11.2. The van der Waals surface area contributed by atoms with Crippen molar-refractivity contribution in [3.8, 4) is 24.3 Å². The van der Waals surface area contributed by atoms with E-state index in [1.807, 2.05) is 0 Å². The molecule has 2 rings (SSSR count). The van der Waals surface area contributed by atoms with Crippen molar-refractivity contribution in [2.75, 3.05) is 18.5 Å². The zero-order chi connectivity index (χ0) is 14.2. The van der Waals surface area contributed by atoms with Gasteiger partial charge < -0.3 is 10.1 Å². The average Bonchev–Trinajstić information content (AvgIpc) is 2.99. The van der Waals surface area contributed by atoms with Crippen molar-refractivity contribution in [3.63, 3.8) is 0 Å². The van der Waals surface area contributed by atoms with Gasteiger partial charge in [-0.3, -0.25) is 0 Å². The molecule has 0 unspecified atom stereocenters. The van der Waals surface area contributed by atoms with Crippen LogP contribution in [0.1, 0.15) is 19.8 Å². The van der Waals surface area contributed by atoms with Gasteiger partial charge in [-0.1, -0.05) is 6.92 Å². The van der Waals surface area contributed by atoms with Gasteiger partial charge in [0, 0.05) is 13.0 Å². The number of nitrogens with one attached hydrogen (secondary N) is 1. The normalized spacial score (nSPS) is 10.0. The molecule has 0 aromatic carbocycles. The Hall–Kier alpha value is -2.69. The maximum Gasteiger partial charge on any atom is 0.323 e. The predicted molar refractivity (Wildman–Crippen MR) is 72.5 cm³/mol. The Balaban J connectivity index is 2.22. The Kier molecular flexibility index (Phi) is 4.83. The van der Waals surface area contributed by atoms with Gasteiger partial charge in [-0.05, 0) is 6.42 Å². The summed E-state index contributed by atoms with van der Waals surface area (Å²) < 4.78 is 6.84. The van der Waals surface area contributed by atoms with Crippen LogP contribution < -0.4 is 10.1 Å². The molecule has 2 aromatic heterocycles. The summed E-state index contributed by atoms with van der Waals surface area (Å²) in [6, 6.07) is 0.208. The number of terminal acetylenes is 1. The molecule has 0 bridgehead atoms. The number of hydrogen-bond donors (Lipinski definition) is 1. The van der Waals surface area contributed by atoms with Crippen molar-refractivity contribution in [2.24, 2.45) is 0 Å². The Labute approximate surface area is 116 Å². The fourth-order valence-electron chi connectivity index (χ4n) is 1.34. The maximum atomic E-state index is 5.40. The van der Waals surface area contributed by atoms with Gasteiger partial charge >= 0.3 is 6.01 Å². The fraction of sp³-hybridized carbons (Fsp3) is 0.417. The van der Waals surface area contributed by atoms with Gasteiger partial charge in [0.15, 0.2) is 0 Å². The van der Waals surface area contributed by atoms with E-state index in [0.29, 0.717) is 24.9 Å². The minimum absolute atomic E-state index is 0.208. The summed E-state index contributed by atoms with van der Waals surface area (Å²) in [5.41, 5.74) is 0. The van der Waals surface area contributed by atoms with Gasteiger partial charge in [0.25, 0.3) is 5.95 Å². The summed E-state index contributed by atoms with van der Waals surface area (Å²) in [6.07, 6.45) is 9.53. The lowest BCUT2D eigenvalue weighted by atomic mass is 10.5. The Morgan fingerprint density at radius 1 is 1.40 bits per heavy atom. The van der Waals surface area contributed by atoms with Crippen LogP contribution in [0.4, 0.5) is 5.95 Å². The molecule has 0 aliphatic heterocycles. The topological polar surface area (TPSA) is 90.6 Å². The fourth-order valence-corrected chi connectivity index (χ4v) is 1.34. The third-order valence-corrected chi connectivity index (χ3v) is 2.24. The molecule has 0 aliphatic rings. The Morgan fingerprint density at radius 3 is 3.00 bits per heavy atom. The number of rotatable bonds is 7. The molecule has 0 aliphatic carbocycles. The van der Waals surface area contributed by atoms with Crippen molar-refractivity contribution in [3.05, 3.63) is 12.7 Å². The van der Waals surface area contributed by atoms with E-state index in [9.17, 15) is 0 Å². The molecule has 1 N–H and O–H groups in total. The number of ether oxygens (including phenoxy) is 1. The van der Waals surface area contributed by atoms with Crippen LogP contribution in [0.3, 0.4) is 0 Å². The highest BCUT2D eigenvalue weighted by molar-refractivity contribution is 5.29. The Bertz CT molecular complexity index is 576. The summed E-state index contributed by atoms with van der Waals surface area (Å²) in [7, 11) is 0. The van der Waals surface area contributed by atoms with E-state index >= 15 is 0 Å². The second kappa shape index (κ2) is 7.04. The van der Waals surface area contributed by atoms with Crippen LogP contribution in [0.5, 0.6) is 6.01 Å². The van der Waals surface area contributed by atoms with Crippen molar-refractivity contribution in [1.82, 2.24) is 29.7 Å². The van der Waals surface area contributed by atoms with Crippen LogP contribution in [-0.4, -0.2) is 42.9 Å². The lowest BCUT2D eigenvalue weighted by Crippen LogP contribution is -2.12. The highest BCUT2D eigenvalue weighted by atomic mass is 16.5. The van der Waals surface area contributed by atoms with Gasteiger partial charge in [0.05, 0.1) is 0 Å². The van der Waals surface area contributed by atoms with Crippen LogP contribution in [0.15, 0.2) is 12.7 Å². The lowest BCUT2D eigenvalue weighted by molar-refractivity contribution is 0.299. The second-order valence-electron chi connectivity index (χ2n) is 3.81. The lowest BCUT2D eigenvalue weighted by Gasteiger charge is -2.08. The van der Waals surface area contributed by atoms with E-state index < -0.39 is 0 Å². The smallest absolute Gasteiger partial charge is 0.323 e. The van der Waals surface area contributed by atoms with Crippen LogP contribution >= 0.6 is 0 Å². The molecule has 8 heteroatoms. The summed E-state index contributed by atoms with van der Waals surface area (Å²) in [6.45, 7) is 3.16. The number of anilines is 1. The number of nitrogens with zero attached hydrogens (tertiary/aromatic N) is 6. The molecule has 2 aromatic rings. The molecule has 0 saturated heterocycles. The first-order chi connectivity index (χ1) is 9.83. The third kappa shape index (κ3) is 3.65. The second-order valence-corrected chi connectivity index (χ2v) is 3.81. The summed E-state index contributed by atoms with van der Waals surface area (Å²) in [5, 5.41) is 7.07. The van der Waals surface area contributed by atoms with E-state index in [-0.39, 0.29) is 6.01 Å². The van der Waals surface area contributed by atoms with E-state index in [0.717, 1.165) is 13.0 Å². The van der Waals surface area contributed by atoms with E-state index in [4.69, 9.17) is 11.2 Å². The van der Waals surface area contributed by atoms with Gasteiger partial charge in [-0.2, -0.15) is 24.7 Å². The molecule has 8 nitrogen and oxygen atoms in total. The summed E-state index contributed by atoms with van der Waals surface area (Å²) in [5.74, 6) is 3.26. The van der Waals surface area contributed by atoms with E-state index in [1.165, 1.54) is 17.3 Å². The zero-order valence-corrected chi connectivity index (χ0v) is 11.2. The maximum absolute atomic E-state index is 5.40. The molecule has 0 spiro atoms. The summed E-state index contributed by atoms with van der Waals surface area (Å²) in [4.78, 5) is 16.4. The quantitative estimate of drug-likeness (QED) is 0.585. The number of hydrogen-bond acceptors (Lipinski definition) is 7.